The molecule has 0 unspecified atom stereocenters. The molecular weight excluding hydrogens is 359 g/mol. The molecule has 0 aromatic carbocycles. The number of halogens is 1. The van der Waals surface area contributed by atoms with Crippen LogP contribution in [-0.2, 0) is 6.54 Å². The Morgan fingerprint density at radius 2 is 2.14 bits per heavy atom. The maximum Gasteiger partial charge on any atom is 0.254 e. The number of pyridine rings is 2. The molecule has 1 aliphatic heterocycles. The van der Waals surface area contributed by atoms with Crippen molar-refractivity contribution in [1.82, 2.24) is 15.3 Å². The number of fused-ring (bicyclic) bond motifs is 1. The van der Waals surface area contributed by atoms with Crippen molar-refractivity contribution in [3.8, 4) is 0 Å². The van der Waals surface area contributed by atoms with Gasteiger partial charge in [0.1, 0.15) is 0 Å². The summed E-state index contributed by atoms with van der Waals surface area (Å²) in [6.07, 6.45) is 6.83. The van der Waals surface area contributed by atoms with E-state index in [0.717, 1.165) is 25.7 Å². The van der Waals surface area contributed by atoms with Crippen molar-refractivity contribution >= 4 is 17.3 Å². The Morgan fingerprint density at radius 3 is 2.86 bits per heavy atom. The molecule has 146 valence electrons. The van der Waals surface area contributed by atoms with Gasteiger partial charge in [-0.3, -0.25) is 9.78 Å². The molecule has 2 aliphatic rings. The van der Waals surface area contributed by atoms with Crippen LogP contribution in [-0.4, -0.2) is 28.0 Å². The van der Waals surface area contributed by atoms with Gasteiger partial charge in [0.25, 0.3) is 5.91 Å². The van der Waals surface area contributed by atoms with E-state index in [2.05, 4.69) is 20.6 Å². The molecule has 2 aromatic heterocycles. The Morgan fingerprint density at radius 1 is 1.32 bits per heavy atom. The van der Waals surface area contributed by atoms with Gasteiger partial charge in [-0.25, -0.2) is 9.37 Å². The highest BCUT2D eigenvalue weighted by molar-refractivity contribution is 6.03. The van der Waals surface area contributed by atoms with E-state index in [1.807, 2.05) is 6.07 Å². The first-order valence-corrected chi connectivity index (χ1v) is 9.46. The number of rotatable bonds is 4. The third-order valence-electron chi connectivity index (χ3n) is 5.39. The van der Waals surface area contributed by atoms with Crippen LogP contribution in [0.1, 0.15) is 53.0 Å². The van der Waals surface area contributed by atoms with Crippen molar-refractivity contribution < 1.29 is 9.18 Å². The van der Waals surface area contributed by atoms with Gasteiger partial charge >= 0.3 is 0 Å². The third kappa shape index (κ3) is 3.20. The average molecular weight is 382 g/mol. The second kappa shape index (κ2) is 7.55. The molecule has 0 saturated heterocycles. The van der Waals surface area contributed by atoms with E-state index in [-0.39, 0.29) is 41.5 Å². The Bertz CT molecular complexity index is 930. The number of carbonyl (C=O) groups is 1. The zero-order valence-electron chi connectivity index (χ0n) is 15.4. The summed E-state index contributed by atoms with van der Waals surface area (Å²) >= 11 is 0. The van der Waals surface area contributed by atoms with E-state index in [1.165, 1.54) is 6.20 Å². The summed E-state index contributed by atoms with van der Waals surface area (Å²) in [5, 5.41) is 5.85. The topological polar surface area (TPSA) is 119 Å². The monoisotopic (exact) mass is 382 g/mol. The summed E-state index contributed by atoms with van der Waals surface area (Å²) in [7, 11) is 0. The fourth-order valence-electron chi connectivity index (χ4n) is 3.89. The fraction of sp³-hybridized carbons (Fsp3) is 0.350. The predicted molar refractivity (Wildman–Crippen MR) is 105 cm³/mol. The highest BCUT2D eigenvalue weighted by Gasteiger charge is 2.32. The van der Waals surface area contributed by atoms with Gasteiger partial charge in [0, 0.05) is 42.2 Å². The minimum atomic E-state index is -0.521. The molecule has 1 amide bonds. The lowest BCUT2D eigenvalue weighted by atomic mass is 9.91. The van der Waals surface area contributed by atoms with Crippen LogP contribution in [0, 0.1) is 5.82 Å². The number of aromatic nitrogens is 2. The van der Waals surface area contributed by atoms with Gasteiger partial charge in [0.2, 0.25) is 0 Å². The molecule has 7 nitrogen and oxygen atoms in total. The highest BCUT2D eigenvalue weighted by atomic mass is 19.1. The first kappa shape index (κ1) is 18.4. The quantitative estimate of drug-likeness (QED) is 0.641. The van der Waals surface area contributed by atoms with Gasteiger partial charge in [-0.15, -0.1) is 0 Å². The number of hydrogen-bond acceptors (Lipinski definition) is 6. The average Bonchev–Trinajstić information content (AvgIpc) is 3.10. The molecule has 0 bridgehead atoms. The first-order chi connectivity index (χ1) is 13.6. The zero-order chi connectivity index (χ0) is 19.7. The van der Waals surface area contributed by atoms with Crippen molar-refractivity contribution in [3.63, 3.8) is 0 Å². The maximum absolute atomic E-state index is 15.2. The summed E-state index contributed by atoms with van der Waals surface area (Å²) in [6.45, 7) is 0.112. The Labute approximate surface area is 162 Å². The minimum absolute atomic E-state index is 0.0631. The van der Waals surface area contributed by atoms with E-state index < -0.39 is 5.82 Å². The van der Waals surface area contributed by atoms with Crippen LogP contribution < -0.4 is 22.1 Å². The van der Waals surface area contributed by atoms with Crippen LogP contribution in [0.5, 0.6) is 0 Å². The maximum atomic E-state index is 15.2. The van der Waals surface area contributed by atoms with Crippen LogP contribution in [0.25, 0.3) is 5.57 Å². The molecule has 3 heterocycles. The molecule has 1 fully saturated rings. The van der Waals surface area contributed by atoms with Crippen molar-refractivity contribution in [1.29, 1.82) is 0 Å². The van der Waals surface area contributed by atoms with Gasteiger partial charge in [0.05, 0.1) is 17.0 Å². The van der Waals surface area contributed by atoms with Crippen molar-refractivity contribution in [2.45, 2.75) is 44.3 Å². The van der Waals surface area contributed by atoms with Gasteiger partial charge in [-0.2, -0.15) is 0 Å². The van der Waals surface area contributed by atoms with Gasteiger partial charge in [0.15, 0.2) is 11.6 Å². The van der Waals surface area contributed by atoms with Crippen molar-refractivity contribution in [2.75, 3.05) is 5.32 Å². The molecule has 8 heteroatoms. The largest absolute Gasteiger partial charge is 0.404 e. The molecular formula is C20H23FN6O. The Hall–Kier alpha value is -3.00. The molecule has 0 spiro atoms. The van der Waals surface area contributed by atoms with Gasteiger partial charge in [-0.1, -0.05) is 18.9 Å². The standard InChI is InChI=1S/C20H23FN6O/c21-17-12-10-25-20(28)16(12)18(11(9-22)14-6-3-4-8-24-14)27-19(17)26-15-7-2-1-5-13(15)23/h3-4,6,8-9,13,15H,1-2,5,7,10,22-23H2,(H,25,28)(H,26,27)/t13-,15+/m0/s1. The number of amides is 1. The van der Waals surface area contributed by atoms with Crippen LogP contribution in [0.4, 0.5) is 10.2 Å². The molecule has 1 aliphatic carbocycles. The molecule has 2 atom stereocenters. The van der Waals surface area contributed by atoms with Crippen molar-refractivity contribution in [2.24, 2.45) is 11.5 Å². The van der Waals surface area contributed by atoms with E-state index >= 15 is 4.39 Å². The van der Waals surface area contributed by atoms with Crippen LogP contribution in [0.15, 0.2) is 30.6 Å². The van der Waals surface area contributed by atoms with Crippen molar-refractivity contribution in [3.05, 3.63) is 58.9 Å². The highest BCUT2D eigenvalue weighted by Crippen LogP contribution is 2.33. The second-order valence-corrected chi connectivity index (χ2v) is 7.15. The summed E-state index contributed by atoms with van der Waals surface area (Å²) in [4.78, 5) is 21.2. The normalized spacial score (nSPS) is 21.9. The molecule has 1 saturated carbocycles. The number of nitrogens with two attached hydrogens (primary N) is 2. The lowest BCUT2D eigenvalue weighted by molar-refractivity contribution is 0.0965. The first-order valence-electron chi connectivity index (χ1n) is 9.46. The summed E-state index contributed by atoms with van der Waals surface area (Å²) in [5.74, 6) is -0.789. The summed E-state index contributed by atoms with van der Waals surface area (Å²) < 4.78 is 15.2. The number of nitrogens with zero attached hydrogens (tertiary/aromatic N) is 2. The Kier molecular flexibility index (Phi) is 4.95. The Balaban J connectivity index is 1.81. The number of carbonyl (C=O) groups excluding carboxylic acids is 1. The lowest BCUT2D eigenvalue weighted by Crippen LogP contribution is -2.43. The summed E-state index contributed by atoms with van der Waals surface area (Å²) in [6, 6.07) is 5.24. The number of nitrogens with one attached hydrogen (secondary N) is 2. The van der Waals surface area contributed by atoms with E-state index in [0.29, 0.717) is 17.0 Å². The van der Waals surface area contributed by atoms with E-state index in [4.69, 9.17) is 11.5 Å². The SMILES string of the molecule is NC=C(c1ccccn1)c1nc(N[C@@H]2CCCC[C@@H]2N)c(F)c2c1C(=O)NC2. The lowest BCUT2D eigenvalue weighted by Gasteiger charge is -2.30. The molecule has 0 radical (unpaired) electrons. The molecule has 28 heavy (non-hydrogen) atoms. The van der Waals surface area contributed by atoms with Gasteiger partial charge < -0.3 is 22.1 Å². The minimum Gasteiger partial charge on any atom is -0.404 e. The van der Waals surface area contributed by atoms with E-state index in [1.54, 1.807) is 18.3 Å². The van der Waals surface area contributed by atoms with Crippen LogP contribution in [0.3, 0.4) is 0 Å². The molecule has 2 aromatic rings. The smallest absolute Gasteiger partial charge is 0.254 e. The van der Waals surface area contributed by atoms with Gasteiger partial charge in [-0.05, 0) is 25.0 Å². The third-order valence-corrected chi connectivity index (χ3v) is 5.39. The zero-order valence-corrected chi connectivity index (χ0v) is 15.4. The summed E-state index contributed by atoms with van der Waals surface area (Å²) in [5.41, 5.74) is 13.9. The molecule has 4 rings (SSSR count). The number of hydrogen-bond donors (Lipinski definition) is 4. The second-order valence-electron chi connectivity index (χ2n) is 7.15. The van der Waals surface area contributed by atoms with Crippen LogP contribution >= 0.6 is 0 Å². The van der Waals surface area contributed by atoms with E-state index in [9.17, 15) is 4.79 Å². The number of anilines is 1. The fourth-order valence-corrected chi connectivity index (χ4v) is 3.89. The van der Waals surface area contributed by atoms with Crippen LogP contribution in [0.2, 0.25) is 0 Å². The molecule has 6 N–H and O–H groups in total. The predicted octanol–water partition coefficient (Wildman–Crippen LogP) is 1.89.